The van der Waals surface area contributed by atoms with Gasteiger partial charge in [0, 0.05) is 23.1 Å². The van der Waals surface area contributed by atoms with Crippen molar-refractivity contribution in [3.05, 3.63) is 46.4 Å². The molecule has 30 heavy (non-hydrogen) atoms. The van der Waals surface area contributed by atoms with E-state index in [-0.39, 0.29) is 25.1 Å². The summed E-state index contributed by atoms with van der Waals surface area (Å²) < 4.78 is 12.9. The van der Waals surface area contributed by atoms with Crippen LogP contribution in [-0.4, -0.2) is 48.8 Å². The topological polar surface area (TPSA) is 54.9 Å². The maximum atomic E-state index is 13.4. The first-order chi connectivity index (χ1) is 14.1. The third-order valence-electron chi connectivity index (χ3n) is 4.97. The number of carbonyl (C=O) groups is 1. The van der Waals surface area contributed by atoms with E-state index in [1.165, 1.54) is 11.3 Å². The summed E-state index contributed by atoms with van der Waals surface area (Å²) in [6.45, 7) is 7.67. The number of thiazole rings is 1. The molecule has 0 spiro atoms. The van der Waals surface area contributed by atoms with E-state index < -0.39 is 0 Å². The van der Waals surface area contributed by atoms with Gasteiger partial charge >= 0.3 is 0 Å². The molecule has 0 N–H and O–H groups in total. The van der Waals surface area contributed by atoms with E-state index in [4.69, 9.17) is 14.5 Å². The number of hydrogen-bond donors (Lipinski definition) is 0. The van der Waals surface area contributed by atoms with Crippen LogP contribution in [-0.2, 0) is 0 Å². The van der Waals surface area contributed by atoms with Gasteiger partial charge in [-0.15, -0.1) is 12.4 Å². The number of fused-ring (bicyclic) bond motifs is 2. The van der Waals surface area contributed by atoms with Gasteiger partial charge in [0.1, 0.15) is 0 Å². The van der Waals surface area contributed by atoms with Crippen LogP contribution in [0.4, 0.5) is 5.13 Å². The van der Waals surface area contributed by atoms with Crippen molar-refractivity contribution in [1.29, 1.82) is 0 Å². The Balaban J connectivity index is 0.00000256. The van der Waals surface area contributed by atoms with Crippen LogP contribution in [0.15, 0.2) is 40.9 Å². The minimum absolute atomic E-state index is 0. The molecule has 160 valence electrons. The van der Waals surface area contributed by atoms with E-state index in [2.05, 4.69) is 34.7 Å². The quantitative estimate of drug-likeness (QED) is 0.436. The van der Waals surface area contributed by atoms with Crippen LogP contribution in [0.2, 0.25) is 0 Å². The number of aromatic nitrogens is 1. The molecule has 0 aliphatic carbocycles. The molecule has 1 amide bonds. The van der Waals surface area contributed by atoms with Crippen molar-refractivity contribution in [3.63, 3.8) is 0 Å². The molecule has 0 atom stereocenters. The lowest BCUT2D eigenvalue weighted by molar-refractivity contribution is 0.0983. The second-order valence-electron chi connectivity index (χ2n) is 6.66. The van der Waals surface area contributed by atoms with E-state index in [1.54, 1.807) is 23.1 Å². The van der Waals surface area contributed by atoms with Gasteiger partial charge in [0.25, 0.3) is 5.91 Å². The lowest BCUT2D eigenvalue weighted by atomic mass is 10.1. The van der Waals surface area contributed by atoms with Gasteiger partial charge in [-0.1, -0.05) is 41.1 Å². The number of hydrogen-bond acceptors (Lipinski definition) is 6. The van der Waals surface area contributed by atoms with E-state index in [9.17, 15) is 4.79 Å². The third kappa shape index (κ3) is 4.72. The highest BCUT2D eigenvalue weighted by molar-refractivity contribution is 9.10. The molecule has 2 heterocycles. The lowest BCUT2D eigenvalue weighted by Crippen LogP contribution is -2.38. The molecular formula is C21H23BrClN3O3S. The van der Waals surface area contributed by atoms with Gasteiger partial charge in [-0.3, -0.25) is 9.69 Å². The zero-order valence-corrected chi connectivity index (χ0v) is 20.0. The van der Waals surface area contributed by atoms with Crippen molar-refractivity contribution >= 4 is 60.9 Å². The Labute approximate surface area is 194 Å². The van der Waals surface area contributed by atoms with E-state index >= 15 is 0 Å². The molecule has 3 aromatic rings. The average molecular weight is 513 g/mol. The standard InChI is InChI=1S/C21H22BrN3O3S.ClH/c1-3-24(4-2)9-10-25(21-23-16-7-6-15(22)12-19(16)29-21)20(26)14-5-8-17-18(11-14)28-13-27-17;/h5-8,11-12H,3-4,9-10,13H2,1-2H3;1H. The molecule has 0 saturated carbocycles. The minimum Gasteiger partial charge on any atom is -0.454 e. The number of ether oxygens (including phenoxy) is 2. The van der Waals surface area contributed by atoms with Gasteiger partial charge in [0.15, 0.2) is 16.6 Å². The monoisotopic (exact) mass is 511 g/mol. The van der Waals surface area contributed by atoms with Crippen molar-refractivity contribution in [2.45, 2.75) is 13.8 Å². The van der Waals surface area contributed by atoms with E-state index in [0.717, 1.165) is 34.3 Å². The first-order valence-electron chi connectivity index (χ1n) is 9.59. The van der Waals surface area contributed by atoms with Crippen molar-refractivity contribution in [3.8, 4) is 11.5 Å². The van der Waals surface area contributed by atoms with Gasteiger partial charge in [-0.05, 0) is 49.5 Å². The van der Waals surface area contributed by atoms with Crippen molar-refractivity contribution in [2.75, 3.05) is 37.9 Å². The second-order valence-corrected chi connectivity index (χ2v) is 8.58. The van der Waals surface area contributed by atoms with Gasteiger partial charge in [-0.2, -0.15) is 0 Å². The molecule has 0 unspecified atom stereocenters. The highest BCUT2D eigenvalue weighted by Gasteiger charge is 2.24. The van der Waals surface area contributed by atoms with E-state index in [0.29, 0.717) is 28.7 Å². The van der Waals surface area contributed by atoms with Crippen molar-refractivity contribution < 1.29 is 14.3 Å². The van der Waals surface area contributed by atoms with Crippen LogP contribution in [0.1, 0.15) is 24.2 Å². The Hall–Kier alpha value is -1.87. The molecule has 1 aliphatic heterocycles. The maximum Gasteiger partial charge on any atom is 0.260 e. The van der Waals surface area contributed by atoms with Gasteiger partial charge in [-0.25, -0.2) is 4.98 Å². The van der Waals surface area contributed by atoms with Crippen LogP contribution in [0.5, 0.6) is 11.5 Å². The molecule has 0 saturated heterocycles. The van der Waals surface area contributed by atoms with Gasteiger partial charge in [0.05, 0.1) is 10.2 Å². The zero-order chi connectivity index (χ0) is 20.4. The van der Waals surface area contributed by atoms with Crippen LogP contribution in [0.3, 0.4) is 0 Å². The molecule has 0 bridgehead atoms. The van der Waals surface area contributed by atoms with Gasteiger partial charge < -0.3 is 14.4 Å². The molecule has 9 heteroatoms. The number of carbonyl (C=O) groups excluding carboxylic acids is 1. The summed E-state index contributed by atoms with van der Waals surface area (Å²) >= 11 is 5.03. The molecule has 6 nitrogen and oxygen atoms in total. The molecular weight excluding hydrogens is 490 g/mol. The van der Waals surface area contributed by atoms with E-state index in [1.807, 2.05) is 18.2 Å². The predicted molar refractivity (Wildman–Crippen MR) is 127 cm³/mol. The average Bonchev–Trinajstić information content (AvgIpc) is 3.36. The first-order valence-corrected chi connectivity index (χ1v) is 11.2. The highest BCUT2D eigenvalue weighted by Crippen LogP contribution is 2.35. The molecule has 4 rings (SSSR count). The maximum absolute atomic E-state index is 13.4. The molecule has 1 aliphatic rings. The number of rotatable bonds is 7. The second kappa shape index (κ2) is 9.96. The number of anilines is 1. The fourth-order valence-corrected chi connectivity index (χ4v) is 4.79. The number of likely N-dealkylation sites (N-methyl/N-ethyl adjacent to an activating group) is 1. The predicted octanol–water partition coefficient (Wildman–Crippen LogP) is 5.20. The molecule has 0 radical (unpaired) electrons. The normalized spacial score (nSPS) is 12.3. The lowest BCUT2D eigenvalue weighted by Gasteiger charge is -2.24. The Morgan fingerprint density at radius 1 is 1.10 bits per heavy atom. The third-order valence-corrected chi connectivity index (χ3v) is 6.50. The summed E-state index contributed by atoms with van der Waals surface area (Å²) in [4.78, 5) is 22.2. The van der Waals surface area contributed by atoms with Crippen LogP contribution in [0, 0.1) is 0 Å². The molecule has 1 aromatic heterocycles. The van der Waals surface area contributed by atoms with Crippen molar-refractivity contribution in [1.82, 2.24) is 9.88 Å². The Bertz CT molecular complexity index is 1040. The SMILES string of the molecule is CCN(CC)CCN(C(=O)c1ccc2c(c1)OCO2)c1nc2ccc(Br)cc2s1.Cl. The van der Waals surface area contributed by atoms with Gasteiger partial charge in [0.2, 0.25) is 6.79 Å². The Morgan fingerprint density at radius 2 is 1.87 bits per heavy atom. The van der Waals surface area contributed by atoms with Crippen LogP contribution in [0.25, 0.3) is 10.2 Å². The zero-order valence-electron chi connectivity index (χ0n) is 16.8. The summed E-state index contributed by atoms with van der Waals surface area (Å²) in [6, 6.07) is 11.3. The largest absolute Gasteiger partial charge is 0.454 e. The number of amides is 1. The summed E-state index contributed by atoms with van der Waals surface area (Å²) in [5.41, 5.74) is 1.45. The van der Waals surface area contributed by atoms with Crippen LogP contribution >= 0.6 is 39.7 Å². The molecule has 0 fully saturated rings. The Morgan fingerprint density at radius 3 is 2.63 bits per heavy atom. The van der Waals surface area contributed by atoms with Crippen LogP contribution < -0.4 is 14.4 Å². The first kappa shape index (κ1) is 22.8. The van der Waals surface area contributed by atoms with Crippen molar-refractivity contribution in [2.24, 2.45) is 0 Å². The number of benzene rings is 2. The Kier molecular flexibility index (Phi) is 7.57. The fraction of sp³-hybridized carbons (Fsp3) is 0.333. The fourth-order valence-electron chi connectivity index (χ4n) is 3.25. The number of nitrogens with zero attached hydrogens (tertiary/aromatic N) is 3. The summed E-state index contributed by atoms with van der Waals surface area (Å²) in [6.07, 6.45) is 0. The minimum atomic E-state index is -0.0893. The summed E-state index contributed by atoms with van der Waals surface area (Å²) in [5, 5.41) is 0.702. The highest BCUT2D eigenvalue weighted by atomic mass is 79.9. The summed E-state index contributed by atoms with van der Waals surface area (Å²) in [7, 11) is 0. The smallest absolute Gasteiger partial charge is 0.260 e. The summed E-state index contributed by atoms with van der Waals surface area (Å²) in [5.74, 6) is 1.18. The number of halogens is 2. The molecule has 2 aromatic carbocycles.